The molecular weight excluding hydrogens is 328 g/mol. The first kappa shape index (κ1) is 15.3. The van der Waals surface area contributed by atoms with Crippen molar-refractivity contribution in [1.29, 1.82) is 0 Å². The molecule has 4 heteroatoms. The Morgan fingerprint density at radius 2 is 1.95 bits per heavy atom. The molecule has 3 rings (SSSR count). The van der Waals surface area contributed by atoms with Gasteiger partial charge in [0.25, 0.3) is 0 Å². The first-order chi connectivity index (χ1) is 10.1. The number of rotatable bonds is 3. The Kier molecular flexibility index (Phi) is 4.87. The second-order valence-electron chi connectivity index (χ2n) is 6.37. The maximum atomic E-state index is 9.72. The van der Waals surface area contributed by atoms with Crippen LogP contribution in [-0.2, 0) is 0 Å². The molecule has 1 unspecified atom stereocenters. The molecule has 2 atom stereocenters. The summed E-state index contributed by atoms with van der Waals surface area (Å²) < 4.78 is 1.01. The molecule has 0 radical (unpaired) electrons. The fraction of sp³-hybridized carbons (Fsp3) is 0.647. The Balaban J connectivity index is 1.67. The molecule has 0 aromatic heterocycles. The fourth-order valence-electron chi connectivity index (χ4n) is 3.61. The van der Waals surface area contributed by atoms with Crippen LogP contribution in [0.15, 0.2) is 22.7 Å². The predicted octanol–water partition coefficient (Wildman–Crippen LogP) is 3.57. The van der Waals surface area contributed by atoms with Crippen LogP contribution in [0, 0.1) is 0 Å². The number of hydrogen-bond donors (Lipinski definition) is 1. The van der Waals surface area contributed by atoms with Gasteiger partial charge in [0.2, 0.25) is 0 Å². The summed E-state index contributed by atoms with van der Waals surface area (Å²) in [5, 5.41) is 9.72. The Hall–Kier alpha value is -0.580. The van der Waals surface area contributed by atoms with Crippen LogP contribution in [0.3, 0.4) is 0 Å². The number of halogens is 1. The SMILES string of the molecule is C[C@@H](O)c1ccc(N2CCC(N3CCCCC3)C2)cc1Br. The minimum atomic E-state index is -0.423. The largest absolute Gasteiger partial charge is 0.389 e. The molecule has 1 aromatic rings. The van der Waals surface area contributed by atoms with Crippen molar-refractivity contribution in [2.75, 3.05) is 31.1 Å². The standard InChI is InChI=1S/C17H25BrN2O/c1-13(21)16-6-5-14(11-17(16)18)20-10-7-15(12-20)19-8-3-2-4-9-19/h5-6,11,13,15,21H,2-4,7-10,12H2,1H3/t13-,15?/m1/s1. The summed E-state index contributed by atoms with van der Waals surface area (Å²) in [7, 11) is 0. The molecule has 2 aliphatic rings. The number of aliphatic hydroxyl groups is 1. The lowest BCUT2D eigenvalue weighted by Gasteiger charge is -2.32. The molecule has 0 bridgehead atoms. The minimum Gasteiger partial charge on any atom is -0.389 e. The number of likely N-dealkylation sites (tertiary alicyclic amines) is 1. The van der Waals surface area contributed by atoms with Gasteiger partial charge in [-0.2, -0.15) is 0 Å². The number of benzene rings is 1. The monoisotopic (exact) mass is 352 g/mol. The normalized spacial score (nSPS) is 25.3. The van der Waals surface area contributed by atoms with Gasteiger partial charge in [-0.15, -0.1) is 0 Å². The number of hydrogen-bond acceptors (Lipinski definition) is 3. The highest BCUT2D eigenvalue weighted by molar-refractivity contribution is 9.10. The first-order valence-corrected chi connectivity index (χ1v) is 8.91. The first-order valence-electron chi connectivity index (χ1n) is 8.11. The van der Waals surface area contributed by atoms with E-state index in [0.717, 1.165) is 29.2 Å². The molecule has 1 aromatic carbocycles. The summed E-state index contributed by atoms with van der Waals surface area (Å²) >= 11 is 3.59. The van der Waals surface area contributed by atoms with Gasteiger partial charge in [0, 0.05) is 29.3 Å². The quantitative estimate of drug-likeness (QED) is 0.900. The molecule has 0 aliphatic carbocycles. The summed E-state index contributed by atoms with van der Waals surface area (Å²) in [5.41, 5.74) is 2.23. The molecule has 3 nitrogen and oxygen atoms in total. The van der Waals surface area contributed by atoms with E-state index in [2.05, 4.69) is 37.9 Å². The van der Waals surface area contributed by atoms with E-state index >= 15 is 0 Å². The smallest absolute Gasteiger partial charge is 0.0772 e. The van der Waals surface area contributed by atoms with E-state index in [0.29, 0.717) is 0 Å². The maximum absolute atomic E-state index is 9.72. The van der Waals surface area contributed by atoms with Gasteiger partial charge in [0.15, 0.2) is 0 Å². The molecule has 2 saturated heterocycles. The molecule has 0 spiro atoms. The Morgan fingerprint density at radius 1 is 1.19 bits per heavy atom. The topological polar surface area (TPSA) is 26.7 Å². The Morgan fingerprint density at radius 3 is 2.62 bits per heavy atom. The summed E-state index contributed by atoms with van der Waals surface area (Å²) in [6.45, 7) is 6.65. The van der Waals surface area contributed by atoms with Crippen LogP contribution in [-0.4, -0.2) is 42.2 Å². The third-order valence-electron chi connectivity index (χ3n) is 4.87. The second kappa shape index (κ2) is 6.67. The highest BCUT2D eigenvalue weighted by Gasteiger charge is 2.28. The fourth-order valence-corrected chi connectivity index (χ4v) is 4.31. The van der Waals surface area contributed by atoms with Crippen molar-refractivity contribution in [3.63, 3.8) is 0 Å². The van der Waals surface area contributed by atoms with E-state index in [1.165, 1.54) is 44.5 Å². The van der Waals surface area contributed by atoms with Gasteiger partial charge in [-0.05, 0) is 57.0 Å². The van der Waals surface area contributed by atoms with Gasteiger partial charge in [-0.1, -0.05) is 28.4 Å². The van der Waals surface area contributed by atoms with Crippen LogP contribution >= 0.6 is 15.9 Å². The molecule has 0 saturated carbocycles. The maximum Gasteiger partial charge on any atom is 0.0772 e. The number of piperidine rings is 1. The van der Waals surface area contributed by atoms with Crippen molar-refractivity contribution in [3.05, 3.63) is 28.2 Å². The van der Waals surface area contributed by atoms with Crippen LogP contribution in [0.1, 0.15) is 44.3 Å². The predicted molar refractivity (Wildman–Crippen MR) is 90.8 cm³/mol. The molecule has 2 heterocycles. The van der Waals surface area contributed by atoms with Crippen LogP contribution in [0.25, 0.3) is 0 Å². The van der Waals surface area contributed by atoms with E-state index in [9.17, 15) is 5.11 Å². The van der Waals surface area contributed by atoms with E-state index in [1.54, 1.807) is 0 Å². The Labute approximate surface area is 136 Å². The van der Waals surface area contributed by atoms with Crippen molar-refractivity contribution in [2.24, 2.45) is 0 Å². The molecule has 1 N–H and O–H groups in total. The second-order valence-corrected chi connectivity index (χ2v) is 7.22. The van der Waals surface area contributed by atoms with Gasteiger partial charge in [0.1, 0.15) is 0 Å². The number of anilines is 1. The van der Waals surface area contributed by atoms with Crippen LogP contribution in [0.2, 0.25) is 0 Å². The lowest BCUT2D eigenvalue weighted by molar-refractivity contribution is 0.175. The molecule has 116 valence electrons. The number of nitrogens with zero attached hydrogens (tertiary/aromatic N) is 2. The van der Waals surface area contributed by atoms with Gasteiger partial charge >= 0.3 is 0 Å². The van der Waals surface area contributed by atoms with Crippen molar-refractivity contribution >= 4 is 21.6 Å². The summed E-state index contributed by atoms with van der Waals surface area (Å²) in [6, 6.07) is 7.06. The summed E-state index contributed by atoms with van der Waals surface area (Å²) in [5.74, 6) is 0. The van der Waals surface area contributed by atoms with E-state index < -0.39 is 6.10 Å². The average Bonchev–Trinajstić information content (AvgIpc) is 2.97. The zero-order valence-corrected chi connectivity index (χ0v) is 14.3. The summed E-state index contributed by atoms with van der Waals surface area (Å²) in [6.07, 6.45) is 4.99. The van der Waals surface area contributed by atoms with Crippen LogP contribution in [0.4, 0.5) is 5.69 Å². The zero-order chi connectivity index (χ0) is 14.8. The lowest BCUT2D eigenvalue weighted by atomic mass is 10.1. The third kappa shape index (κ3) is 3.43. The van der Waals surface area contributed by atoms with Gasteiger partial charge in [-0.25, -0.2) is 0 Å². The molecule has 0 amide bonds. The molecular formula is C17H25BrN2O. The zero-order valence-electron chi connectivity index (χ0n) is 12.8. The highest BCUT2D eigenvalue weighted by atomic mass is 79.9. The van der Waals surface area contributed by atoms with Gasteiger partial charge in [0.05, 0.1) is 6.10 Å². The minimum absolute atomic E-state index is 0.423. The van der Waals surface area contributed by atoms with E-state index in [-0.39, 0.29) is 0 Å². The lowest BCUT2D eigenvalue weighted by Crippen LogP contribution is -2.40. The molecule has 21 heavy (non-hydrogen) atoms. The highest BCUT2D eigenvalue weighted by Crippen LogP contribution is 2.31. The van der Waals surface area contributed by atoms with Crippen molar-refractivity contribution in [2.45, 2.75) is 44.8 Å². The average molecular weight is 353 g/mol. The van der Waals surface area contributed by atoms with E-state index in [4.69, 9.17) is 0 Å². The Bertz CT molecular complexity index is 486. The number of aliphatic hydroxyl groups excluding tert-OH is 1. The van der Waals surface area contributed by atoms with Crippen molar-refractivity contribution in [3.8, 4) is 0 Å². The van der Waals surface area contributed by atoms with E-state index in [1.807, 2.05) is 13.0 Å². The van der Waals surface area contributed by atoms with Crippen LogP contribution in [0.5, 0.6) is 0 Å². The van der Waals surface area contributed by atoms with Crippen molar-refractivity contribution in [1.82, 2.24) is 4.90 Å². The third-order valence-corrected chi connectivity index (χ3v) is 5.56. The summed E-state index contributed by atoms with van der Waals surface area (Å²) in [4.78, 5) is 5.17. The van der Waals surface area contributed by atoms with Gasteiger partial charge < -0.3 is 10.0 Å². The van der Waals surface area contributed by atoms with Gasteiger partial charge in [-0.3, -0.25) is 4.90 Å². The van der Waals surface area contributed by atoms with Crippen LogP contribution < -0.4 is 4.90 Å². The molecule has 2 fully saturated rings. The van der Waals surface area contributed by atoms with Crippen molar-refractivity contribution < 1.29 is 5.11 Å². The molecule has 2 aliphatic heterocycles.